The van der Waals surface area contributed by atoms with E-state index in [1.54, 1.807) is 0 Å². The quantitative estimate of drug-likeness (QED) is 0.732. The molecule has 0 amide bonds. The van der Waals surface area contributed by atoms with Crippen LogP contribution < -0.4 is 0 Å². The second-order valence-electron chi connectivity index (χ2n) is 3.19. The predicted molar refractivity (Wildman–Crippen MR) is 53.5 cm³/mol. The minimum Gasteiger partial charge on any atom is -0.355 e. The van der Waals surface area contributed by atoms with Crippen LogP contribution >= 0.6 is 0 Å². The zero-order valence-electron chi connectivity index (χ0n) is 8.35. The van der Waals surface area contributed by atoms with E-state index >= 15 is 0 Å². The Bertz CT molecular complexity index is 276. The van der Waals surface area contributed by atoms with Crippen molar-refractivity contribution >= 4 is 0 Å². The van der Waals surface area contributed by atoms with Gasteiger partial charge in [0.15, 0.2) is 6.23 Å². The first-order valence-corrected chi connectivity index (χ1v) is 4.98. The highest BCUT2D eigenvalue weighted by atomic mass is 16.7. The zero-order chi connectivity index (χ0) is 9.80. The highest BCUT2D eigenvalue weighted by molar-refractivity contribution is 5.17. The lowest BCUT2D eigenvalue weighted by Crippen LogP contribution is -2.24. The molecule has 76 valence electrons. The largest absolute Gasteiger partial charge is 0.355 e. The molecule has 2 rings (SSSR count). The van der Waals surface area contributed by atoms with Crippen LogP contribution in [0.5, 0.6) is 0 Å². The molecule has 0 saturated carbocycles. The highest BCUT2D eigenvalue weighted by Gasteiger charge is 2.27. The van der Waals surface area contributed by atoms with Gasteiger partial charge in [0.05, 0.1) is 19.8 Å². The lowest BCUT2D eigenvalue weighted by Gasteiger charge is -2.21. The normalized spacial score (nSPS) is 22.8. The van der Waals surface area contributed by atoms with Crippen molar-refractivity contribution in [3.05, 3.63) is 35.9 Å². The predicted octanol–water partition coefficient (Wildman–Crippen LogP) is 1.97. The molecule has 0 aliphatic carbocycles. The molecule has 0 radical (unpaired) electrons. The molecule has 1 fully saturated rings. The first-order chi connectivity index (χ1) is 6.92. The minimum atomic E-state index is -0.0313. The average molecular weight is 193 g/mol. The first-order valence-electron chi connectivity index (χ1n) is 4.98. The molecule has 0 spiro atoms. The van der Waals surface area contributed by atoms with Gasteiger partial charge in [-0.3, -0.25) is 4.84 Å². The molecular formula is C11H15NO2. The number of rotatable bonds is 3. The van der Waals surface area contributed by atoms with E-state index in [0.717, 1.165) is 18.7 Å². The third kappa shape index (κ3) is 1.95. The van der Waals surface area contributed by atoms with Gasteiger partial charge in [-0.1, -0.05) is 30.3 Å². The SMILES string of the molecule is CCON1CCOC1c1ccccc1. The number of hydrogen-bond acceptors (Lipinski definition) is 3. The highest BCUT2D eigenvalue weighted by Crippen LogP contribution is 2.26. The van der Waals surface area contributed by atoms with E-state index in [9.17, 15) is 0 Å². The summed E-state index contributed by atoms with van der Waals surface area (Å²) in [7, 11) is 0. The van der Waals surface area contributed by atoms with E-state index in [1.807, 2.05) is 30.2 Å². The molecule has 3 heteroatoms. The Morgan fingerprint density at radius 3 is 2.93 bits per heavy atom. The number of ether oxygens (including phenoxy) is 1. The van der Waals surface area contributed by atoms with Gasteiger partial charge in [0.25, 0.3) is 0 Å². The van der Waals surface area contributed by atoms with Crippen LogP contribution in [-0.2, 0) is 9.57 Å². The van der Waals surface area contributed by atoms with Crippen LogP contribution in [0.15, 0.2) is 30.3 Å². The molecule has 1 atom stereocenters. The number of hydroxylamine groups is 2. The van der Waals surface area contributed by atoms with Gasteiger partial charge >= 0.3 is 0 Å². The van der Waals surface area contributed by atoms with E-state index in [1.165, 1.54) is 0 Å². The molecule has 1 unspecified atom stereocenters. The van der Waals surface area contributed by atoms with Crippen LogP contribution in [0.4, 0.5) is 0 Å². The van der Waals surface area contributed by atoms with Crippen LogP contribution in [0.1, 0.15) is 18.7 Å². The Labute approximate surface area is 84.2 Å². The van der Waals surface area contributed by atoms with Gasteiger partial charge < -0.3 is 4.74 Å². The summed E-state index contributed by atoms with van der Waals surface area (Å²) in [5, 5.41) is 1.90. The molecule has 0 N–H and O–H groups in total. The van der Waals surface area contributed by atoms with Gasteiger partial charge in [-0.05, 0) is 12.5 Å². The van der Waals surface area contributed by atoms with Crippen molar-refractivity contribution < 1.29 is 9.57 Å². The van der Waals surface area contributed by atoms with Gasteiger partial charge in [0.1, 0.15) is 0 Å². The van der Waals surface area contributed by atoms with Crippen molar-refractivity contribution in [2.24, 2.45) is 0 Å². The summed E-state index contributed by atoms with van der Waals surface area (Å²) in [6, 6.07) is 10.1. The van der Waals surface area contributed by atoms with E-state index in [-0.39, 0.29) is 6.23 Å². The van der Waals surface area contributed by atoms with Crippen LogP contribution in [0.25, 0.3) is 0 Å². The van der Waals surface area contributed by atoms with E-state index in [4.69, 9.17) is 9.57 Å². The standard InChI is InChI=1S/C11H15NO2/c1-2-14-12-8-9-13-11(12)10-6-4-3-5-7-10/h3-7,11H,2,8-9H2,1H3. The molecule has 1 saturated heterocycles. The van der Waals surface area contributed by atoms with Crippen LogP contribution in [0.2, 0.25) is 0 Å². The second-order valence-corrected chi connectivity index (χ2v) is 3.19. The molecular weight excluding hydrogens is 178 g/mol. The fourth-order valence-electron chi connectivity index (χ4n) is 1.63. The first kappa shape index (κ1) is 9.65. The van der Waals surface area contributed by atoms with Crippen molar-refractivity contribution in [1.29, 1.82) is 0 Å². The Morgan fingerprint density at radius 1 is 1.43 bits per heavy atom. The number of benzene rings is 1. The summed E-state index contributed by atoms with van der Waals surface area (Å²) in [5.41, 5.74) is 1.15. The van der Waals surface area contributed by atoms with Crippen molar-refractivity contribution in [3.8, 4) is 0 Å². The maximum atomic E-state index is 5.61. The lowest BCUT2D eigenvalue weighted by molar-refractivity contribution is -0.202. The van der Waals surface area contributed by atoms with Crippen molar-refractivity contribution in [2.75, 3.05) is 19.8 Å². The molecule has 1 heterocycles. The van der Waals surface area contributed by atoms with Crippen molar-refractivity contribution in [1.82, 2.24) is 5.06 Å². The number of nitrogens with zero attached hydrogens (tertiary/aromatic N) is 1. The van der Waals surface area contributed by atoms with Crippen LogP contribution in [0.3, 0.4) is 0 Å². The van der Waals surface area contributed by atoms with Gasteiger partial charge in [0.2, 0.25) is 0 Å². The third-order valence-corrected chi connectivity index (χ3v) is 2.23. The Morgan fingerprint density at radius 2 is 2.21 bits per heavy atom. The lowest BCUT2D eigenvalue weighted by atomic mass is 10.2. The van der Waals surface area contributed by atoms with Gasteiger partial charge in [-0.25, -0.2) is 0 Å². The van der Waals surface area contributed by atoms with Crippen LogP contribution in [-0.4, -0.2) is 24.8 Å². The molecule has 0 bridgehead atoms. The summed E-state index contributed by atoms with van der Waals surface area (Å²) in [6.45, 7) is 4.25. The summed E-state index contributed by atoms with van der Waals surface area (Å²) in [4.78, 5) is 5.48. The fraction of sp³-hybridized carbons (Fsp3) is 0.455. The van der Waals surface area contributed by atoms with Gasteiger partial charge in [-0.15, -0.1) is 0 Å². The topological polar surface area (TPSA) is 21.7 Å². The minimum absolute atomic E-state index is 0.0313. The summed E-state index contributed by atoms with van der Waals surface area (Å²) >= 11 is 0. The molecule has 1 aliphatic heterocycles. The molecule has 1 aromatic carbocycles. The van der Waals surface area contributed by atoms with Crippen molar-refractivity contribution in [3.63, 3.8) is 0 Å². The van der Waals surface area contributed by atoms with Crippen molar-refractivity contribution in [2.45, 2.75) is 13.2 Å². The van der Waals surface area contributed by atoms with E-state index in [0.29, 0.717) is 6.61 Å². The monoisotopic (exact) mass is 193 g/mol. The average Bonchev–Trinajstić information content (AvgIpc) is 2.68. The van der Waals surface area contributed by atoms with Gasteiger partial charge in [0, 0.05) is 0 Å². The third-order valence-electron chi connectivity index (χ3n) is 2.23. The molecule has 1 aliphatic rings. The number of hydrogen-bond donors (Lipinski definition) is 0. The maximum Gasteiger partial charge on any atom is 0.158 e. The summed E-state index contributed by atoms with van der Waals surface area (Å²) in [6.07, 6.45) is -0.0313. The summed E-state index contributed by atoms with van der Waals surface area (Å²) in [5.74, 6) is 0. The smallest absolute Gasteiger partial charge is 0.158 e. The Balaban J connectivity index is 2.10. The molecule has 0 aromatic heterocycles. The Hall–Kier alpha value is -0.900. The second kappa shape index (κ2) is 4.55. The van der Waals surface area contributed by atoms with E-state index < -0.39 is 0 Å². The molecule has 3 nitrogen and oxygen atoms in total. The van der Waals surface area contributed by atoms with E-state index in [2.05, 4.69) is 12.1 Å². The summed E-state index contributed by atoms with van der Waals surface area (Å²) < 4.78 is 5.61. The van der Waals surface area contributed by atoms with Crippen LogP contribution in [0, 0.1) is 0 Å². The Kier molecular flexibility index (Phi) is 3.14. The fourth-order valence-corrected chi connectivity index (χ4v) is 1.63. The molecule has 1 aromatic rings. The van der Waals surface area contributed by atoms with Gasteiger partial charge in [-0.2, -0.15) is 5.06 Å². The maximum absolute atomic E-state index is 5.61. The zero-order valence-corrected chi connectivity index (χ0v) is 8.35. The molecule has 14 heavy (non-hydrogen) atoms.